The number of ether oxygens (including phenoxy) is 1. The van der Waals surface area contributed by atoms with Gasteiger partial charge in [-0.1, -0.05) is 88.6 Å². The van der Waals surface area contributed by atoms with Crippen LogP contribution in [-0.2, 0) is 6.42 Å². The summed E-state index contributed by atoms with van der Waals surface area (Å²) in [6.45, 7) is 2.97. The molecule has 6 heteroatoms. The molecule has 0 spiro atoms. The van der Waals surface area contributed by atoms with Crippen molar-refractivity contribution in [1.29, 1.82) is 5.41 Å². The molecule has 0 bridgehead atoms. The van der Waals surface area contributed by atoms with Crippen LogP contribution in [0.3, 0.4) is 0 Å². The fourth-order valence-corrected chi connectivity index (χ4v) is 4.59. The SMILES string of the molecule is CCCCCCCCCCCCc1ccc(N=Nc2ccc(OCCCCCSC(=N)N)cc2)cc1. The second-order valence-corrected chi connectivity index (χ2v) is 10.6. The fourth-order valence-electron chi connectivity index (χ4n) is 4.02. The lowest BCUT2D eigenvalue weighted by atomic mass is 10.0. The first kappa shape index (κ1) is 29.9. The normalized spacial score (nSPS) is 11.2. The Morgan fingerprint density at radius 3 is 1.83 bits per heavy atom. The summed E-state index contributed by atoms with van der Waals surface area (Å²) in [7, 11) is 0. The molecule has 0 fully saturated rings. The second-order valence-electron chi connectivity index (χ2n) is 9.41. The van der Waals surface area contributed by atoms with Gasteiger partial charge in [0.25, 0.3) is 0 Å². The zero-order valence-corrected chi connectivity index (χ0v) is 23.0. The highest BCUT2D eigenvalue weighted by atomic mass is 32.2. The predicted octanol–water partition coefficient (Wildman–Crippen LogP) is 9.74. The molecule has 0 aliphatic rings. The summed E-state index contributed by atoms with van der Waals surface area (Å²) in [5, 5.41) is 16.1. The first-order valence-corrected chi connectivity index (χ1v) is 14.9. The average Bonchev–Trinajstić information content (AvgIpc) is 2.89. The van der Waals surface area contributed by atoms with Crippen molar-refractivity contribution < 1.29 is 4.74 Å². The predicted molar refractivity (Wildman–Crippen MR) is 156 cm³/mol. The van der Waals surface area contributed by atoms with Crippen molar-refractivity contribution in [3.8, 4) is 5.75 Å². The van der Waals surface area contributed by atoms with Crippen LogP contribution in [0.4, 0.5) is 11.4 Å². The first-order chi connectivity index (χ1) is 17.7. The van der Waals surface area contributed by atoms with E-state index in [-0.39, 0.29) is 5.17 Å². The van der Waals surface area contributed by atoms with Gasteiger partial charge in [0.1, 0.15) is 5.75 Å². The molecule has 0 atom stereocenters. The first-order valence-electron chi connectivity index (χ1n) is 13.9. The van der Waals surface area contributed by atoms with E-state index in [2.05, 4.69) is 41.4 Å². The molecular formula is C30H46N4OS. The molecule has 0 aromatic heterocycles. The molecule has 0 aliphatic carbocycles. The number of amidine groups is 1. The summed E-state index contributed by atoms with van der Waals surface area (Å²) in [4.78, 5) is 0. The summed E-state index contributed by atoms with van der Waals surface area (Å²) in [6, 6.07) is 16.2. The molecule has 2 rings (SSSR count). The van der Waals surface area contributed by atoms with Gasteiger partial charge in [0, 0.05) is 5.75 Å². The van der Waals surface area contributed by atoms with Crippen LogP contribution in [0.15, 0.2) is 58.8 Å². The second kappa shape index (κ2) is 19.8. The molecule has 0 saturated heterocycles. The van der Waals surface area contributed by atoms with E-state index in [1.807, 2.05) is 24.3 Å². The average molecular weight is 511 g/mol. The molecule has 0 aliphatic heterocycles. The van der Waals surface area contributed by atoms with E-state index in [9.17, 15) is 0 Å². The minimum atomic E-state index is 0.195. The van der Waals surface area contributed by atoms with Crippen LogP contribution in [0.2, 0.25) is 0 Å². The zero-order valence-electron chi connectivity index (χ0n) is 22.2. The number of nitrogens with one attached hydrogen (secondary N) is 1. The molecule has 0 heterocycles. The Labute approximate surface area is 223 Å². The summed E-state index contributed by atoms with van der Waals surface area (Å²) >= 11 is 1.40. The van der Waals surface area contributed by atoms with Gasteiger partial charge in [-0.25, -0.2) is 0 Å². The number of benzene rings is 2. The third-order valence-electron chi connectivity index (χ3n) is 6.19. The number of nitrogens with zero attached hydrogens (tertiary/aromatic N) is 2. The Bertz CT molecular complexity index is 852. The monoisotopic (exact) mass is 510 g/mol. The van der Waals surface area contributed by atoms with Gasteiger partial charge < -0.3 is 10.5 Å². The maximum Gasteiger partial charge on any atom is 0.151 e. The molecule has 2 aromatic carbocycles. The molecule has 0 saturated carbocycles. The van der Waals surface area contributed by atoms with E-state index in [1.165, 1.54) is 81.5 Å². The molecule has 0 amide bonds. The number of rotatable bonds is 20. The van der Waals surface area contributed by atoms with Gasteiger partial charge in [-0.05, 0) is 74.1 Å². The molecule has 0 unspecified atom stereocenters. The van der Waals surface area contributed by atoms with Gasteiger partial charge in [-0.2, -0.15) is 10.2 Å². The van der Waals surface area contributed by atoms with Gasteiger partial charge in [0.15, 0.2) is 5.17 Å². The van der Waals surface area contributed by atoms with Crippen LogP contribution >= 0.6 is 11.8 Å². The molecule has 36 heavy (non-hydrogen) atoms. The molecule has 5 nitrogen and oxygen atoms in total. The highest BCUT2D eigenvalue weighted by Gasteiger charge is 1.99. The fraction of sp³-hybridized carbons (Fsp3) is 0.567. The minimum Gasteiger partial charge on any atom is -0.494 e. The summed E-state index contributed by atoms with van der Waals surface area (Å²) in [6.07, 6.45) is 18.0. The number of thioether (sulfide) groups is 1. The highest BCUT2D eigenvalue weighted by Crippen LogP contribution is 2.22. The molecule has 198 valence electrons. The minimum absolute atomic E-state index is 0.195. The standard InChI is InChI=1S/C30H46N4OS/c1-2-3-4-5-6-7-8-9-10-12-15-26-16-18-27(19-17-26)33-34-28-20-22-29(23-21-28)35-24-13-11-14-25-36-30(31)32/h16-23H,2-15,24-25H2,1H3,(H3,31,32). The third-order valence-corrected chi connectivity index (χ3v) is 6.99. The van der Waals surface area contributed by atoms with Crippen molar-refractivity contribution in [2.75, 3.05) is 12.4 Å². The van der Waals surface area contributed by atoms with Gasteiger partial charge in [0.2, 0.25) is 0 Å². The Morgan fingerprint density at radius 2 is 1.25 bits per heavy atom. The van der Waals surface area contributed by atoms with E-state index in [0.29, 0.717) is 6.61 Å². The Kier molecular flexibility index (Phi) is 16.4. The van der Waals surface area contributed by atoms with Crippen molar-refractivity contribution in [1.82, 2.24) is 0 Å². The van der Waals surface area contributed by atoms with E-state index < -0.39 is 0 Å². The Balaban J connectivity index is 1.57. The van der Waals surface area contributed by atoms with Crippen molar-refractivity contribution in [3.63, 3.8) is 0 Å². The molecule has 0 radical (unpaired) electrons. The number of aryl methyl sites for hydroxylation is 1. The van der Waals surface area contributed by atoms with Crippen LogP contribution in [-0.4, -0.2) is 17.5 Å². The third kappa shape index (κ3) is 14.9. The van der Waals surface area contributed by atoms with Gasteiger partial charge >= 0.3 is 0 Å². The lowest BCUT2D eigenvalue weighted by Crippen LogP contribution is -2.04. The largest absolute Gasteiger partial charge is 0.494 e. The van der Waals surface area contributed by atoms with Crippen molar-refractivity contribution >= 4 is 28.3 Å². The van der Waals surface area contributed by atoms with E-state index in [4.69, 9.17) is 15.9 Å². The smallest absolute Gasteiger partial charge is 0.151 e. The van der Waals surface area contributed by atoms with Crippen LogP contribution < -0.4 is 10.5 Å². The quantitative estimate of drug-likeness (QED) is 0.0804. The summed E-state index contributed by atoms with van der Waals surface area (Å²) in [5.41, 5.74) is 8.41. The van der Waals surface area contributed by atoms with E-state index in [0.717, 1.165) is 48.6 Å². The summed E-state index contributed by atoms with van der Waals surface area (Å²) < 4.78 is 5.80. The van der Waals surface area contributed by atoms with Crippen LogP contribution in [0.5, 0.6) is 5.75 Å². The Hall–Kier alpha value is -2.34. The zero-order chi connectivity index (χ0) is 25.7. The van der Waals surface area contributed by atoms with Crippen molar-refractivity contribution in [2.24, 2.45) is 16.0 Å². The Morgan fingerprint density at radius 1 is 0.722 bits per heavy atom. The van der Waals surface area contributed by atoms with E-state index >= 15 is 0 Å². The molecule has 2 aromatic rings. The van der Waals surface area contributed by atoms with Gasteiger partial charge in [-0.3, -0.25) is 5.41 Å². The van der Waals surface area contributed by atoms with Crippen LogP contribution in [0.25, 0.3) is 0 Å². The lowest BCUT2D eigenvalue weighted by Gasteiger charge is -2.06. The van der Waals surface area contributed by atoms with Crippen LogP contribution in [0.1, 0.15) is 96.0 Å². The number of nitrogens with two attached hydrogens (primary N) is 1. The number of azo groups is 1. The molecular weight excluding hydrogens is 464 g/mol. The maximum atomic E-state index is 7.19. The molecule has 3 N–H and O–H groups in total. The summed E-state index contributed by atoms with van der Waals surface area (Å²) in [5.74, 6) is 1.75. The van der Waals surface area contributed by atoms with E-state index in [1.54, 1.807) is 0 Å². The number of hydrogen-bond donors (Lipinski definition) is 2. The number of unbranched alkanes of at least 4 members (excludes halogenated alkanes) is 11. The topological polar surface area (TPSA) is 83.8 Å². The number of hydrogen-bond acceptors (Lipinski definition) is 5. The van der Waals surface area contributed by atoms with Gasteiger partial charge in [-0.15, -0.1) is 0 Å². The van der Waals surface area contributed by atoms with Crippen molar-refractivity contribution in [2.45, 2.75) is 96.8 Å². The van der Waals surface area contributed by atoms with Gasteiger partial charge in [0.05, 0.1) is 18.0 Å². The van der Waals surface area contributed by atoms with Crippen LogP contribution in [0, 0.1) is 5.41 Å². The lowest BCUT2D eigenvalue weighted by molar-refractivity contribution is 0.306. The maximum absolute atomic E-state index is 7.19. The highest BCUT2D eigenvalue weighted by molar-refractivity contribution is 8.13. The van der Waals surface area contributed by atoms with Crippen molar-refractivity contribution in [3.05, 3.63) is 54.1 Å².